The summed E-state index contributed by atoms with van der Waals surface area (Å²) in [5.74, 6) is 0.606. The van der Waals surface area contributed by atoms with Gasteiger partial charge in [0, 0.05) is 20.2 Å². The molecule has 2 rings (SSSR count). The zero-order chi connectivity index (χ0) is 17.4. The molecule has 0 fully saturated rings. The van der Waals surface area contributed by atoms with Crippen molar-refractivity contribution in [3.8, 4) is 11.5 Å². The molecule has 2 heterocycles. The molecule has 6 nitrogen and oxygen atoms in total. The Kier molecular flexibility index (Phi) is 6.96. The van der Waals surface area contributed by atoms with Gasteiger partial charge in [-0.15, -0.1) is 0 Å². The molecule has 0 bridgehead atoms. The standard InChI is InChI=1S/C18H25N3O3/c1-14-15(7-8-16(20-14)17-6-4-12-24-17)18(22)19-9-5-10-21(2)11-13-23-3/h4,6-8,12H,5,9-11,13H2,1-3H3,(H,19,22). The van der Waals surface area contributed by atoms with Crippen LogP contribution in [0.2, 0.25) is 0 Å². The molecule has 1 amide bonds. The minimum atomic E-state index is -0.0921. The van der Waals surface area contributed by atoms with E-state index in [1.165, 1.54) is 0 Å². The van der Waals surface area contributed by atoms with Crippen molar-refractivity contribution >= 4 is 5.91 Å². The molecule has 1 N–H and O–H groups in total. The van der Waals surface area contributed by atoms with E-state index in [1.807, 2.05) is 26.1 Å². The van der Waals surface area contributed by atoms with Crippen LogP contribution in [0, 0.1) is 6.92 Å². The Balaban J connectivity index is 1.82. The van der Waals surface area contributed by atoms with E-state index in [2.05, 4.69) is 15.2 Å². The van der Waals surface area contributed by atoms with Crippen LogP contribution in [0.15, 0.2) is 34.9 Å². The molecular weight excluding hydrogens is 306 g/mol. The lowest BCUT2D eigenvalue weighted by atomic mass is 10.1. The Labute approximate surface area is 142 Å². The first-order valence-electron chi connectivity index (χ1n) is 8.09. The molecule has 24 heavy (non-hydrogen) atoms. The van der Waals surface area contributed by atoms with E-state index in [4.69, 9.17) is 9.15 Å². The highest BCUT2D eigenvalue weighted by Crippen LogP contribution is 2.19. The second kappa shape index (κ2) is 9.20. The van der Waals surface area contributed by atoms with Crippen LogP contribution in [-0.4, -0.2) is 56.2 Å². The topological polar surface area (TPSA) is 67.6 Å². The molecule has 0 aliphatic carbocycles. The number of carbonyl (C=O) groups is 1. The lowest BCUT2D eigenvalue weighted by Crippen LogP contribution is -2.30. The van der Waals surface area contributed by atoms with Gasteiger partial charge in [-0.3, -0.25) is 4.79 Å². The molecule has 130 valence electrons. The largest absolute Gasteiger partial charge is 0.463 e. The maximum absolute atomic E-state index is 12.3. The van der Waals surface area contributed by atoms with Crippen molar-refractivity contribution in [2.75, 3.05) is 40.4 Å². The summed E-state index contributed by atoms with van der Waals surface area (Å²) in [7, 11) is 3.74. The summed E-state index contributed by atoms with van der Waals surface area (Å²) in [6.07, 6.45) is 2.50. The summed E-state index contributed by atoms with van der Waals surface area (Å²) in [6.45, 7) is 4.99. The van der Waals surface area contributed by atoms with Crippen LogP contribution in [-0.2, 0) is 4.74 Å². The lowest BCUT2D eigenvalue weighted by molar-refractivity contribution is 0.0950. The summed E-state index contributed by atoms with van der Waals surface area (Å²) in [5, 5.41) is 2.95. The highest BCUT2D eigenvalue weighted by atomic mass is 16.5. The number of rotatable bonds is 9. The number of nitrogens with one attached hydrogen (secondary N) is 1. The lowest BCUT2D eigenvalue weighted by Gasteiger charge is -2.16. The number of furan rings is 1. The molecule has 0 unspecified atom stereocenters. The van der Waals surface area contributed by atoms with Gasteiger partial charge in [0.15, 0.2) is 5.76 Å². The van der Waals surface area contributed by atoms with Gasteiger partial charge in [-0.05, 0) is 51.2 Å². The SMILES string of the molecule is COCCN(C)CCCNC(=O)c1ccc(-c2ccco2)nc1C. The van der Waals surface area contributed by atoms with Crippen molar-refractivity contribution in [3.05, 3.63) is 41.8 Å². The number of amides is 1. The van der Waals surface area contributed by atoms with E-state index in [9.17, 15) is 4.79 Å². The van der Waals surface area contributed by atoms with Crippen molar-refractivity contribution in [1.29, 1.82) is 0 Å². The first-order chi connectivity index (χ1) is 11.6. The molecule has 0 aliphatic heterocycles. The molecule has 0 aliphatic rings. The Morgan fingerprint density at radius 3 is 2.83 bits per heavy atom. The van der Waals surface area contributed by atoms with Gasteiger partial charge in [-0.1, -0.05) is 0 Å². The summed E-state index contributed by atoms with van der Waals surface area (Å²) in [5.41, 5.74) is 2.02. The van der Waals surface area contributed by atoms with E-state index in [0.29, 0.717) is 23.6 Å². The van der Waals surface area contributed by atoms with Gasteiger partial charge in [0.25, 0.3) is 5.91 Å². The van der Waals surface area contributed by atoms with Crippen LogP contribution < -0.4 is 5.32 Å². The Bertz CT molecular complexity index is 641. The number of aryl methyl sites for hydroxylation is 1. The number of methoxy groups -OCH3 is 1. The minimum absolute atomic E-state index is 0.0921. The van der Waals surface area contributed by atoms with Crippen molar-refractivity contribution in [1.82, 2.24) is 15.2 Å². The van der Waals surface area contributed by atoms with Gasteiger partial charge in [0.05, 0.1) is 24.1 Å². The van der Waals surface area contributed by atoms with Gasteiger partial charge in [-0.25, -0.2) is 4.98 Å². The number of pyridine rings is 1. The second-order valence-corrected chi connectivity index (χ2v) is 5.71. The third kappa shape index (κ3) is 5.18. The maximum atomic E-state index is 12.3. The third-order valence-electron chi connectivity index (χ3n) is 3.78. The molecule has 0 atom stereocenters. The molecule has 2 aromatic rings. The fraction of sp³-hybridized carbons (Fsp3) is 0.444. The number of hydrogen-bond acceptors (Lipinski definition) is 5. The number of likely N-dealkylation sites (N-methyl/N-ethyl adjacent to an activating group) is 1. The zero-order valence-electron chi connectivity index (χ0n) is 14.5. The van der Waals surface area contributed by atoms with Crippen LogP contribution in [0.1, 0.15) is 22.5 Å². The highest BCUT2D eigenvalue weighted by molar-refractivity contribution is 5.95. The van der Waals surface area contributed by atoms with Gasteiger partial charge in [0.2, 0.25) is 0 Å². The first kappa shape index (κ1) is 18.2. The molecule has 2 aromatic heterocycles. The number of ether oxygens (including phenoxy) is 1. The minimum Gasteiger partial charge on any atom is -0.463 e. The van der Waals surface area contributed by atoms with E-state index < -0.39 is 0 Å². The van der Waals surface area contributed by atoms with Crippen LogP contribution in [0.25, 0.3) is 11.5 Å². The smallest absolute Gasteiger partial charge is 0.253 e. The second-order valence-electron chi connectivity index (χ2n) is 5.71. The normalized spacial score (nSPS) is 11.0. The Morgan fingerprint density at radius 2 is 2.17 bits per heavy atom. The average molecular weight is 331 g/mol. The van der Waals surface area contributed by atoms with Gasteiger partial charge < -0.3 is 19.4 Å². The zero-order valence-corrected chi connectivity index (χ0v) is 14.5. The van der Waals surface area contributed by atoms with Crippen LogP contribution in [0.4, 0.5) is 0 Å². The summed E-state index contributed by atoms with van der Waals surface area (Å²) >= 11 is 0. The quantitative estimate of drug-likeness (QED) is 0.715. The van der Waals surface area contributed by atoms with Crippen molar-refractivity contribution in [2.24, 2.45) is 0 Å². The molecule has 0 aromatic carbocycles. The van der Waals surface area contributed by atoms with Gasteiger partial charge in [-0.2, -0.15) is 0 Å². The summed E-state index contributed by atoms with van der Waals surface area (Å²) in [4.78, 5) is 18.9. The predicted molar refractivity (Wildman–Crippen MR) is 93.0 cm³/mol. The van der Waals surface area contributed by atoms with Crippen LogP contribution in [0.3, 0.4) is 0 Å². The van der Waals surface area contributed by atoms with Gasteiger partial charge in [0.1, 0.15) is 5.69 Å². The monoisotopic (exact) mass is 331 g/mol. The van der Waals surface area contributed by atoms with Crippen molar-refractivity contribution in [3.63, 3.8) is 0 Å². The third-order valence-corrected chi connectivity index (χ3v) is 3.78. The Morgan fingerprint density at radius 1 is 1.33 bits per heavy atom. The van der Waals surface area contributed by atoms with Crippen LogP contribution in [0.5, 0.6) is 0 Å². The van der Waals surface area contributed by atoms with Crippen LogP contribution >= 0.6 is 0 Å². The molecule has 0 spiro atoms. The molecule has 0 saturated carbocycles. The fourth-order valence-corrected chi connectivity index (χ4v) is 2.37. The number of aromatic nitrogens is 1. The summed E-state index contributed by atoms with van der Waals surface area (Å²) in [6, 6.07) is 7.26. The highest BCUT2D eigenvalue weighted by Gasteiger charge is 2.12. The average Bonchev–Trinajstić information content (AvgIpc) is 3.11. The number of nitrogens with zero attached hydrogens (tertiary/aromatic N) is 2. The maximum Gasteiger partial charge on any atom is 0.253 e. The molecular formula is C18H25N3O3. The predicted octanol–water partition coefficient (Wildman–Crippen LogP) is 2.35. The van der Waals surface area contributed by atoms with Crippen molar-refractivity contribution in [2.45, 2.75) is 13.3 Å². The number of hydrogen-bond donors (Lipinski definition) is 1. The van der Waals surface area contributed by atoms with E-state index >= 15 is 0 Å². The molecule has 6 heteroatoms. The van der Waals surface area contributed by atoms with Crippen molar-refractivity contribution < 1.29 is 13.9 Å². The van der Waals surface area contributed by atoms with Gasteiger partial charge >= 0.3 is 0 Å². The molecule has 0 radical (unpaired) electrons. The van der Waals surface area contributed by atoms with E-state index in [0.717, 1.165) is 31.8 Å². The fourth-order valence-electron chi connectivity index (χ4n) is 2.37. The van der Waals surface area contributed by atoms with E-state index in [-0.39, 0.29) is 5.91 Å². The molecule has 0 saturated heterocycles. The van der Waals surface area contributed by atoms with E-state index in [1.54, 1.807) is 25.5 Å². The Hall–Kier alpha value is -2.18. The number of carbonyl (C=O) groups excluding carboxylic acids is 1. The summed E-state index contributed by atoms with van der Waals surface area (Å²) < 4.78 is 10.4. The first-order valence-corrected chi connectivity index (χ1v) is 8.09.